The van der Waals surface area contributed by atoms with E-state index in [-0.39, 0.29) is 29.9 Å². The number of rotatable bonds is 7. The van der Waals surface area contributed by atoms with Crippen molar-refractivity contribution in [1.82, 2.24) is 16.0 Å². The van der Waals surface area contributed by atoms with Crippen molar-refractivity contribution in [2.24, 2.45) is 0 Å². The molecule has 0 saturated heterocycles. The normalized spacial score (nSPS) is 12.1. The molecular weight excluding hydrogens is 404 g/mol. The number of likely N-dealkylation sites (N-methyl/N-ethyl adjacent to an activating group) is 1. The standard InChI is InChI=1S/C23H27F2N3O3/c1-23(2,3)16-8-5-14(6-9-16)21(30)27-12-11-19(29)28-20(22(31)26-4)15-7-10-17(24)18(25)13-15/h5-10,13,20H,11-12H2,1-4H3,(H,26,31)(H,27,30)(H,28,29). The molecule has 0 heterocycles. The van der Waals surface area contributed by atoms with Gasteiger partial charge in [0.25, 0.3) is 5.91 Å². The zero-order chi connectivity index (χ0) is 23.2. The van der Waals surface area contributed by atoms with Crippen LogP contribution in [0.4, 0.5) is 8.78 Å². The summed E-state index contributed by atoms with van der Waals surface area (Å²) in [7, 11) is 1.37. The third-order valence-electron chi connectivity index (χ3n) is 4.74. The minimum absolute atomic E-state index is 0.0259. The second kappa shape index (κ2) is 10.1. The molecule has 0 spiro atoms. The fourth-order valence-electron chi connectivity index (χ4n) is 2.88. The molecule has 0 bridgehead atoms. The average Bonchev–Trinajstić information content (AvgIpc) is 2.73. The van der Waals surface area contributed by atoms with Crippen molar-refractivity contribution in [3.8, 4) is 0 Å². The van der Waals surface area contributed by atoms with Crippen LogP contribution >= 0.6 is 0 Å². The lowest BCUT2D eigenvalue weighted by Crippen LogP contribution is -2.40. The van der Waals surface area contributed by atoms with E-state index in [0.29, 0.717) is 5.56 Å². The smallest absolute Gasteiger partial charge is 0.251 e. The second-order valence-electron chi connectivity index (χ2n) is 8.12. The molecule has 1 unspecified atom stereocenters. The first-order valence-corrected chi connectivity index (χ1v) is 9.87. The Morgan fingerprint density at radius 1 is 0.968 bits per heavy atom. The summed E-state index contributed by atoms with van der Waals surface area (Å²) in [5.74, 6) is -3.60. The molecule has 0 aliphatic carbocycles. The maximum Gasteiger partial charge on any atom is 0.251 e. The topological polar surface area (TPSA) is 87.3 Å². The van der Waals surface area contributed by atoms with Crippen LogP contribution < -0.4 is 16.0 Å². The van der Waals surface area contributed by atoms with Crippen molar-refractivity contribution in [2.75, 3.05) is 13.6 Å². The van der Waals surface area contributed by atoms with Crippen LogP contribution in [0.15, 0.2) is 42.5 Å². The van der Waals surface area contributed by atoms with E-state index in [2.05, 4.69) is 36.7 Å². The first-order valence-electron chi connectivity index (χ1n) is 9.87. The zero-order valence-corrected chi connectivity index (χ0v) is 18.0. The van der Waals surface area contributed by atoms with E-state index in [1.807, 2.05) is 12.1 Å². The molecule has 1 atom stereocenters. The van der Waals surface area contributed by atoms with E-state index >= 15 is 0 Å². The van der Waals surface area contributed by atoms with Crippen molar-refractivity contribution in [3.63, 3.8) is 0 Å². The van der Waals surface area contributed by atoms with Crippen molar-refractivity contribution in [1.29, 1.82) is 0 Å². The summed E-state index contributed by atoms with van der Waals surface area (Å²) in [6.07, 6.45) is -0.0943. The third-order valence-corrected chi connectivity index (χ3v) is 4.74. The Morgan fingerprint density at radius 3 is 2.16 bits per heavy atom. The molecule has 0 fully saturated rings. The Bertz CT molecular complexity index is 954. The van der Waals surface area contributed by atoms with E-state index in [1.165, 1.54) is 13.1 Å². The Morgan fingerprint density at radius 2 is 1.61 bits per heavy atom. The number of hydrogen-bond acceptors (Lipinski definition) is 3. The molecule has 2 aromatic carbocycles. The molecule has 0 aliphatic heterocycles. The van der Waals surface area contributed by atoms with Crippen LogP contribution in [-0.4, -0.2) is 31.3 Å². The first-order chi connectivity index (χ1) is 14.5. The molecular formula is C23H27F2N3O3. The summed E-state index contributed by atoms with van der Waals surface area (Å²) < 4.78 is 26.7. The summed E-state index contributed by atoms with van der Waals surface area (Å²) in [6.45, 7) is 6.27. The number of carbonyl (C=O) groups excluding carboxylic acids is 3. The van der Waals surface area contributed by atoms with Gasteiger partial charge < -0.3 is 16.0 Å². The molecule has 2 rings (SSSR count). The van der Waals surface area contributed by atoms with Crippen LogP contribution in [0.1, 0.15) is 54.7 Å². The number of amides is 3. The highest BCUT2D eigenvalue weighted by Crippen LogP contribution is 2.22. The Labute approximate surface area is 180 Å². The van der Waals surface area contributed by atoms with Crippen LogP contribution in [0, 0.1) is 11.6 Å². The van der Waals surface area contributed by atoms with Gasteiger partial charge in [0.15, 0.2) is 11.6 Å². The number of carbonyl (C=O) groups is 3. The van der Waals surface area contributed by atoms with E-state index < -0.39 is 29.5 Å². The summed E-state index contributed by atoms with van der Waals surface area (Å²) in [5.41, 5.74) is 1.65. The van der Waals surface area contributed by atoms with Gasteiger partial charge in [0.05, 0.1) is 0 Å². The molecule has 0 aromatic heterocycles. The van der Waals surface area contributed by atoms with E-state index in [4.69, 9.17) is 0 Å². The number of benzene rings is 2. The molecule has 0 aliphatic rings. The maximum atomic E-state index is 13.5. The lowest BCUT2D eigenvalue weighted by Gasteiger charge is -2.19. The van der Waals surface area contributed by atoms with E-state index in [0.717, 1.165) is 17.7 Å². The monoisotopic (exact) mass is 431 g/mol. The quantitative estimate of drug-likeness (QED) is 0.630. The molecule has 3 N–H and O–H groups in total. The minimum Gasteiger partial charge on any atom is -0.357 e. The lowest BCUT2D eigenvalue weighted by molar-refractivity contribution is -0.128. The number of hydrogen-bond donors (Lipinski definition) is 3. The first kappa shape index (κ1) is 24.0. The van der Waals surface area contributed by atoms with Gasteiger partial charge in [-0.15, -0.1) is 0 Å². The maximum absolute atomic E-state index is 13.5. The molecule has 31 heavy (non-hydrogen) atoms. The molecule has 3 amide bonds. The molecule has 8 heteroatoms. The second-order valence-corrected chi connectivity index (χ2v) is 8.12. The van der Waals surface area contributed by atoms with Gasteiger partial charge in [-0.1, -0.05) is 39.0 Å². The van der Waals surface area contributed by atoms with Gasteiger partial charge in [0, 0.05) is 25.6 Å². The fraction of sp³-hybridized carbons (Fsp3) is 0.348. The zero-order valence-electron chi connectivity index (χ0n) is 18.0. The molecule has 2 aromatic rings. The minimum atomic E-state index is -1.19. The largest absolute Gasteiger partial charge is 0.357 e. The molecule has 6 nitrogen and oxygen atoms in total. The third kappa shape index (κ3) is 6.60. The van der Waals surface area contributed by atoms with Gasteiger partial charge in [0.2, 0.25) is 11.8 Å². The summed E-state index contributed by atoms with van der Waals surface area (Å²) in [5, 5.41) is 7.50. The average molecular weight is 431 g/mol. The summed E-state index contributed by atoms with van der Waals surface area (Å²) >= 11 is 0. The van der Waals surface area contributed by atoms with Gasteiger partial charge in [-0.05, 0) is 40.8 Å². The SMILES string of the molecule is CNC(=O)C(NC(=O)CCNC(=O)c1ccc(C(C)(C)C)cc1)c1ccc(F)c(F)c1. The number of halogens is 2. The Balaban J connectivity index is 1.93. The van der Waals surface area contributed by atoms with Crippen LogP contribution in [-0.2, 0) is 15.0 Å². The van der Waals surface area contributed by atoms with Gasteiger partial charge >= 0.3 is 0 Å². The predicted molar refractivity (Wildman–Crippen MR) is 113 cm³/mol. The lowest BCUT2D eigenvalue weighted by atomic mass is 9.87. The van der Waals surface area contributed by atoms with E-state index in [9.17, 15) is 23.2 Å². The van der Waals surface area contributed by atoms with Gasteiger partial charge in [-0.3, -0.25) is 14.4 Å². The summed E-state index contributed by atoms with van der Waals surface area (Å²) in [6, 6.07) is 9.00. The van der Waals surface area contributed by atoms with Gasteiger partial charge in [0.1, 0.15) is 6.04 Å². The highest BCUT2D eigenvalue weighted by atomic mass is 19.2. The van der Waals surface area contributed by atoms with Crippen molar-refractivity contribution < 1.29 is 23.2 Å². The highest BCUT2D eigenvalue weighted by molar-refractivity contribution is 5.94. The number of nitrogens with one attached hydrogen (secondary N) is 3. The Kier molecular flexibility index (Phi) is 7.85. The van der Waals surface area contributed by atoms with Crippen LogP contribution in [0.5, 0.6) is 0 Å². The van der Waals surface area contributed by atoms with Crippen LogP contribution in [0.2, 0.25) is 0 Å². The van der Waals surface area contributed by atoms with Crippen LogP contribution in [0.3, 0.4) is 0 Å². The Hall–Kier alpha value is -3.29. The molecule has 0 saturated carbocycles. The van der Waals surface area contributed by atoms with Crippen molar-refractivity contribution >= 4 is 17.7 Å². The summed E-state index contributed by atoms with van der Waals surface area (Å²) in [4.78, 5) is 36.6. The predicted octanol–water partition coefficient (Wildman–Crippen LogP) is 2.99. The molecule has 0 radical (unpaired) electrons. The molecule has 166 valence electrons. The van der Waals surface area contributed by atoms with Gasteiger partial charge in [-0.2, -0.15) is 0 Å². The van der Waals surface area contributed by atoms with E-state index in [1.54, 1.807) is 12.1 Å². The fourth-order valence-corrected chi connectivity index (χ4v) is 2.88. The van der Waals surface area contributed by atoms with Crippen molar-refractivity contribution in [3.05, 3.63) is 70.8 Å². The van der Waals surface area contributed by atoms with Gasteiger partial charge in [-0.25, -0.2) is 8.78 Å². The van der Waals surface area contributed by atoms with Crippen molar-refractivity contribution in [2.45, 2.75) is 38.6 Å². The highest BCUT2D eigenvalue weighted by Gasteiger charge is 2.23. The van der Waals surface area contributed by atoms with Crippen LogP contribution in [0.25, 0.3) is 0 Å².